The van der Waals surface area contributed by atoms with Crippen molar-refractivity contribution in [1.82, 2.24) is 0 Å². The third kappa shape index (κ3) is 43.5. The molecule has 0 spiro atoms. The Morgan fingerprint density at radius 2 is 0.737 bits per heavy atom. The largest absolute Gasteiger partial charge is 0.394 e. The second-order valence-corrected chi connectivity index (χ2v) is 38.1. The Kier molecular flexibility index (Phi) is 43.1. The normalized spacial score (nSPS) is 20.7. The maximum absolute atomic E-state index is 12.6. The molecule has 0 saturated heterocycles. The predicted molar refractivity (Wildman–Crippen MR) is 414 cm³/mol. The van der Waals surface area contributed by atoms with Crippen LogP contribution in [0, 0.1) is 112 Å². The van der Waals surface area contributed by atoms with E-state index >= 15 is 0 Å². The fourth-order valence-corrected chi connectivity index (χ4v) is 12.6. The highest BCUT2D eigenvalue weighted by atomic mass is 19.4. The molecule has 4 saturated carbocycles. The van der Waals surface area contributed by atoms with E-state index in [-0.39, 0.29) is 18.3 Å². The van der Waals surface area contributed by atoms with Gasteiger partial charge in [0.15, 0.2) is 0 Å². The number of aryl methyl sites for hydroxylation is 4. The van der Waals surface area contributed by atoms with Crippen molar-refractivity contribution in [2.75, 3.05) is 0 Å². The lowest BCUT2D eigenvalue weighted by molar-refractivity contribution is -0.232. The van der Waals surface area contributed by atoms with E-state index in [2.05, 4.69) is 281 Å². The first kappa shape index (κ1) is 96.4. The molecular weight excluding hydrogens is 1180 g/mol. The van der Waals surface area contributed by atoms with E-state index in [4.69, 9.17) is 0 Å². The molecule has 0 N–H and O–H groups in total. The zero-order valence-corrected chi connectivity index (χ0v) is 69.5. The van der Waals surface area contributed by atoms with Gasteiger partial charge in [0.25, 0.3) is 0 Å². The second kappa shape index (κ2) is 42.5. The van der Waals surface area contributed by atoms with Crippen molar-refractivity contribution in [3.63, 3.8) is 0 Å². The monoisotopic (exact) mass is 1340 g/mol. The molecule has 0 heterocycles. The SMILES string of the molecule is CC(C)C(C)C(C)C.CC1(C)CCC(C)(C(F)(F)F)CC1.CC1C(C)(C)CC(C)(C)CC1(C)C.CC1CCC(C)(C(F)(F)F)CC1.CCC(C)(C)C.CCC(C)C.CCC1(C)CCCC1.Cc1ccc(C(C)C)cc1.Cc1ccc(C)cc1.Cc1ccc(CC(C)(C)C)cc1. The number of rotatable bonds is 6. The zero-order valence-electron chi connectivity index (χ0n) is 69.5. The number of hydrogen-bond acceptors (Lipinski definition) is 0. The molecular formula is C89H160F6. The molecule has 6 heteroatoms. The summed E-state index contributed by atoms with van der Waals surface area (Å²) in [7, 11) is 0. The van der Waals surface area contributed by atoms with Crippen molar-refractivity contribution in [2.45, 2.75) is 376 Å². The minimum atomic E-state index is -4.02. The fraction of sp³-hybridized carbons (Fsp3) is 0.798. The van der Waals surface area contributed by atoms with Crippen LogP contribution < -0.4 is 0 Å². The Bertz CT molecular complexity index is 2310. The first-order valence-corrected chi connectivity index (χ1v) is 38.0. The Balaban J connectivity index is -0.00000100. The smallest absolute Gasteiger partial charge is 0.171 e. The van der Waals surface area contributed by atoms with Crippen LogP contribution in [0.25, 0.3) is 0 Å². The molecule has 0 amide bonds. The Hall–Kier alpha value is -2.76. The van der Waals surface area contributed by atoms with Crippen LogP contribution in [0.5, 0.6) is 0 Å². The molecule has 4 fully saturated rings. The second-order valence-electron chi connectivity index (χ2n) is 38.1. The molecule has 0 nitrogen and oxygen atoms in total. The molecule has 0 unspecified atom stereocenters. The molecule has 0 bridgehead atoms. The van der Waals surface area contributed by atoms with Gasteiger partial charge in [-0.3, -0.25) is 0 Å². The maximum Gasteiger partial charge on any atom is 0.394 e. The summed E-state index contributed by atoms with van der Waals surface area (Å²) in [6.45, 7) is 77.2. The fourth-order valence-electron chi connectivity index (χ4n) is 12.6. The molecule has 0 aliphatic heterocycles. The van der Waals surface area contributed by atoms with Gasteiger partial charge in [-0.15, -0.1) is 0 Å². The van der Waals surface area contributed by atoms with Crippen molar-refractivity contribution < 1.29 is 26.3 Å². The van der Waals surface area contributed by atoms with Crippen molar-refractivity contribution in [3.05, 3.63) is 106 Å². The number of halogens is 6. The van der Waals surface area contributed by atoms with Gasteiger partial charge < -0.3 is 0 Å². The molecule has 3 aromatic rings. The van der Waals surface area contributed by atoms with Crippen LogP contribution in [0.15, 0.2) is 72.8 Å². The summed E-state index contributed by atoms with van der Waals surface area (Å²) in [6.07, 6.45) is 9.70. The first-order valence-electron chi connectivity index (χ1n) is 38.0. The summed E-state index contributed by atoms with van der Waals surface area (Å²) in [5.41, 5.74) is 8.68. The van der Waals surface area contributed by atoms with E-state index in [9.17, 15) is 26.3 Å². The molecule has 95 heavy (non-hydrogen) atoms. The summed E-state index contributed by atoms with van der Waals surface area (Å²) < 4.78 is 75.1. The van der Waals surface area contributed by atoms with E-state index in [0.29, 0.717) is 64.6 Å². The summed E-state index contributed by atoms with van der Waals surface area (Å²) >= 11 is 0. The zero-order chi connectivity index (χ0) is 75.2. The lowest BCUT2D eigenvalue weighted by Gasteiger charge is -2.54. The van der Waals surface area contributed by atoms with Gasteiger partial charge in [0.1, 0.15) is 0 Å². The van der Waals surface area contributed by atoms with Gasteiger partial charge in [0, 0.05) is 0 Å². The lowest BCUT2D eigenvalue weighted by Crippen LogP contribution is -2.45. The van der Waals surface area contributed by atoms with Crippen LogP contribution in [-0.4, -0.2) is 12.4 Å². The van der Waals surface area contributed by atoms with Crippen molar-refractivity contribution in [1.29, 1.82) is 0 Å². The van der Waals surface area contributed by atoms with E-state index in [1.807, 2.05) is 20.8 Å². The van der Waals surface area contributed by atoms with Crippen LogP contribution >= 0.6 is 0 Å². The van der Waals surface area contributed by atoms with Gasteiger partial charge in [0.2, 0.25) is 0 Å². The summed E-state index contributed by atoms with van der Waals surface area (Å²) in [6, 6.07) is 26.0. The molecule has 3 aromatic carbocycles. The molecule has 0 aromatic heterocycles. The Morgan fingerprint density at radius 3 is 0.979 bits per heavy atom. The summed E-state index contributed by atoms with van der Waals surface area (Å²) in [4.78, 5) is 0. The van der Waals surface area contributed by atoms with Gasteiger partial charge in [-0.25, -0.2) is 0 Å². The lowest BCUT2D eigenvalue weighted by atomic mass is 9.51. The van der Waals surface area contributed by atoms with Gasteiger partial charge in [-0.1, -0.05) is 342 Å². The average molecular weight is 1340 g/mol. The minimum absolute atomic E-state index is 0.102. The van der Waals surface area contributed by atoms with Crippen LogP contribution in [-0.2, 0) is 6.42 Å². The Labute approximate surface area is 589 Å². The van der Waals surface area contributed by atoms with E-state index in [1.165, 1.54) is 105 Å². The standard InChI is InChI=1S/C13H26.C12H18.C10H17F3.C10H14.C9H15F3.C8H10.C8H16.C8H18.C6H14.C5H12/c1-10-12(4,5)8-11(2,3)9-13(10,6)7;1-10-5-7-11(8-6-10)9-12(2,3)4;1-8(2)4-6-9(3,7-5-8)10(11,12)13;1-8(2)10-6-4-9(3)5-7-10;1-7-3-5-8(2,6-4-7)9(10,11)12;1-7-3-5-8(2)6-4-7;1-3-8(2)6-4-5-7-8;1-6(2)8(5)7(3)4;1-5-6(2,3)4;1-4-5(2)3/h10H,8-9H2,1-7H3;5-8H,9H2,1-4H3;4-7H2,1-3H3;4-8H,1-3H3;7H,3-6H2,1-2H3;3-6H,1-2H3;3-7H2,1-2H3;6-8H,1-5H3;5H2,1-4H3;5H,4H2,1-3H3. The topological polar surface area (TPSA) is 0 Å². The summed E-state index contributed by atoms with van der Waals surface area (Å²) in [5, 5.41) is 0. The van der Waals surface area contributed by atoms with Gasteiger partial charge >= 0.3 is 12.4 Å². The highest BCUT2D eigenvalue weighted by molar-refractivity contribution is 5.24. The third-order valence-electron chi connectivity index (χ3n) is 22.1. The molecule has 4 aliphatic rings. The van der Waals surface area contributed by atoms with Crippen LogP contribution in [0.3, 0.4) is 0 Å². The first-order chi connectivity index (χ1) is 42.7. The quantitative estimate of drug-likeness (QED) is 0.216. The van der Waals surface area contributed by atoms with Crippen LogP contribution in [0.1, 0.15) is 363 Å². The molecule has 7 rings (SSSR count). The highest BCUT2D eigenvalue weighted by Gasteiger charge is 2.54. The number of alkyl halides is 6. The van der Waals surface area contributed by atoms with E-state index in [0.717, 1.165) is 54.3 Å². The maximum atomic E-state index is 12.6. The molecule has 558 valence electrons. The molecule has 0 atom stereocenters. The Morgan fingerprint density at radius 1 is 0.432 bits per heavy atom. The van der Waals surface area contributed by atoms with E-state index < -0.39 is 23.2 Å². The van der Waals surface area contributed by atoms with Gasteiger partial charge in [-0.05, 0) is 202 Å². The van der Waals surface area contributed by atoms with Crippen LogP contribution in [0.2, 0.25) is 0 Å². The third-order valence-corrected chi connectivity index (χ3v) is 22.1. The summed E-state index contributed by atoms with van der Waals surface area (Å²) in [5.74, 6) is 5.39. The van der Waals surface area contributed by atoms with Crippen molar-refractivity contribution in [3.8, 4) is 0 Å². The average Bonchev–Trinajstić information content (AvgIpc) is 1.12. The number of hydrogen-bond donors (Lipinski definition) is 0. The van der Waals surface area contributed by atoms with Crippen molar-refractivity contribution in [2.24, 2.45) is 84.2 Å². The highest BCUT2D eigenvalue weighted by Crippen LogP contribution is 2.57. The minimum Gasteiger partial charge on any atom is -0.171 e. The molecule has 0 radical (unpaired) electrons. The van der Waals surface area contributed by atoms with E-state index in [1.54, 1.807) is 0 Å². The predicted octanol–water partition coefficient (Wildman–Crippen LogP) is 31.8. The number of benzene rings is 3. The van der Waals surface area contributed by atoms with Crippen molar-refractivity contribution >= 4 is 0 Å². The molecule has 4 aliphatic carbocycles. The van der Waals surface area contributed by atoms with Crippen LogP contribution in [0.4, 0.5) is 26.3 Å². The van der Waals surface area contributed by atoms with Gasteiger partial charge in [0.05, 0.1) is 10.8 Å². The van der Waals surface area contributed by atoms with Gasteiger partial charge in [-0.2, -0.15) is 26.3 Å².